The summed E-state index contributed by atoms with van der Waals surface area (Å²) in [7, 11) is 0. The Morgan fingerprint density at radius 3 is 2.38 bits per heavy atom. The second-order valence-electron chi connectivity index (χ2n) is 3.04. The number of rotatable bonds is 3. The van der Waals surface area contributed by atoms with Crippen LogP contribution in [0, 0.1) is 0 Å². The van der Waals surface area contributed by atoms with Crippen molar-refractivity contribution in [2.24, 2.45) is 0 Å². The Morgan fingerprint density at radius 1 is 1.12 bits per heavy atom. The van der Waals surface area contributed by atoms with Crippen molar-refractivity contribution in [3.8, 4) is 5.75 Å². The van der Waals surface area contributed by atoms with Gasteiger partial charge in [0, 0.05) is 0 Å². The van der Waals surface area contributed by atoms with E-state index in [1.807, 2.05) is 0 Å². The van der Waals surface area contributed by atoms with Crippen molar-refractivity contribution in [2.75, 3.05) is 0 Å². The quantitative estimate of drug-likeness (QED) is 0.545. The van der Waals surface area contributed by atoms with Gasteiger partial charge in [0.05, 0.1) is 6.08 Å². The third-order valence-corrected chi connectivity index (χ3v) is 2.00. The molecule has 0 atom stereocenters. The summed E-state index contributed by atoms with van der Waals surface area (Å²) in [4.78, 5) is 33.4. The first-order valence-corrected chi connectivity index (χ1v) is 4.50. The molecule has 0 unspecified atom stereocenters. The van der Waals surface area contributed by atoms with Gasteiger partial charge in [0.25, 0.3) is 5.91 Å². The molecule has 0 aromatic heterocycles. The molecule has 0 bridgehead atoms. The molecule has 16 heavy (non-hydrogen) atoms. The van der Waals surface area contributed by atoms with Crippen LogP contribution >= 0.6 is 0 Å². The molecule has 80 valence electrons. The fourth-order valence-electron chi connectivity index (χ4n) is 1.25. The summed E-state index contributed by atoms with van der Waals surface area (Å²) in [5.74, 6) is -1.15. The number of carbonyl (C=O) groups excluding carboxylic acids is 3. The van der Waals surface area contributed by atoms with E-state index in [0.717, 1.165) is 6.08 Å². The van der Waals surface area contributed by atoms with E-state index in [2.05, 4.69) is 0 Å². The van der Waals surface area contributed by atoms with Crippen LogP contribution in [0.4, 0.5) is 0 Å². The third kappa shape index (κ3) is 1.70. The fourth-order valence-corrected chi connectivity index (χ4v) is 1.25. The number of imide groups is 3. The van der Waals surface area contributed by atoms with Crippen molar-refractivity contribution in [1.82, 2.24) is 4.90 Å². The molecule has 1 aliphatic rings. The van der Waals surface area contributed by atoms with Crippen LogP contribution in [0.5, 0.6) is 5.75 Å². The Bertz CT molecular complexity index is 478. The van der Waals surface area contributed by atoms with E-state index in [9.17, 15) is 14.4 Å². The molecule has 0 saturated heterocycles. The smallest absolute Gasteiger partial charge is 0.303 e. The van der Waals surface area contributed by atoms with E-state index in [1.165, 1.54) is 0 Å². The summed E-state index contributed by atoms with van der Waals surface area (Å²) >= 11 is 0. The van der Waals surface area contributed by atoms with Gasteiger partial charge >= 0.3 is 5.91 Å². The van der Waals surface area contributed by atoms with Crippen LogP contribution in [0.2, 0.25) is 0 Å². The van der Waals surface area contributed by atoms with Crippen LogP contribution in [-0.4, -0.2) is 23.1 Å². The molecule has 0 radical (unpaired) electrons. The molecule has 0 fully saturated rings. The predicted octanol–water partition coefficient (Wildman–Crippen LogP) is 0.474. The van der Waals surface area contributed by atoms with E-state index in [0.29, 0.717) is 10.6 Å². The van der Waals surface area contributed by atoms with Crippen LogP contribution in [0.25, 0.3) is 0 Å². The number of hydrogen-bond acceptors (Lipinski definition) is 4. The van der Waals surface area contributed by atoms with Gasteiger partial charge in [0.1, 0.15) is 5.75 Å². The van der Waals surface area contributed by atoms with Crippen LogP contribution in [0.1, 0.15) is 0 Å². The lowest BCUT2D eigenvalue weighted by atomic mass is 10.3. The maximum Gasteiger partial charge on any atom is 0.303 e. The molecule has 2 rings (SSSR count). The molecule has 0 N–H and O–H groups in total. The number of nitrogens with zero attached hydrogens (tertiary/aromatic N) is 1. The van der Waals surface area contributed by atoms with E-state index >= 15 is 0 Å². The zero-order chi connectivity index (χ0) is 11.5. The van der Waals surface area contributed by atoms with Crippen molar-refractivity contribution in [3.05, 3.63) is 42.2 Å². The normalized spacial score (nSPS) is 15.0. The van der Waals surface area contributed by atoms with E-state index in [-0.39, 0.29) is 12.2 Å². The molecule has 1 heterocycles. The van der Waals surface area contributed by atoms with Crippen molar-refractivity contribution in [1.29, 1.82) is 0 Å². The monoisotopic (exact) mass is 217 g/mol. The SMILES string of the molecule is O=CN1C(=O)C=C(Oc2ccccc2)C1=O. The largest absolute Gasteiger partial charge is 0.451 e. The van der Waals surface area contributed by atoms with Crippen molar-refractivity contribution in [3.63, 3.8) is 0 Å². The van der Waals surface area contributed by atoms with Gasteiger partial charge in [0.15, 0.2) is 5.76 Å². The molecule has 1 aromatic rings. The summed E-state index contributed by atoms with van der Waals surface area (Å²) in [5.41, 5.74) is 0. The van der Waals surface area contributed by atoms with Crippen LogP contribution in [0.3, 0.4) is 0 Å². The molecule has 0 aliphatic carbocycles. The molecule has 3 amide bonds. The lowest BCUT2D eigenvalue weighted by molar-refractivity contribution is -0.143. The number of ether oxygens (including phenoxy) is 1. The Kier molecular flexibility index (Phi) is 2.51. The molecule has 5 heteroatoms. The molecular formula is C11H7NO4. The summed E-state index contributed by atoms with van der Waals surface area (Å²) in [6.45, 7) is 0. The van der Waals surface area contributed by atoms with Crippen molar-refractivity contribution < 1.29 is 19.1 Å². The molecule has 5 nitrogen and oxygen atoms in total. The van der Waals surface area contributed by atoms with Crippen LogP contribution < -0.4 is 4.74 Å². The summed E-state index contributed by atoms with van der Waals surface area (Å²) in [6, 6.07) is 8.54. The summed E-state index contributed by atoms with van der Waals surface area (Å²) in [6.07, 6.45) is 1.16. The maximum absolute atomic E-state index is 11.4. The number of amides is 3. The highest BCUT2D eigenvalue weighted by Crippen LogP contribution is 2.17. The highest BCUT2D eigenvalue weighted by molar-refractivity contribution is 6.21. The second kappa shape index (κ2) is 3.98. The van der Waals surface area contributed by atoms with Crippen LogP contribution in [0.15, 0.2) is 42.2 Å². The number of carbonyl (C=O) groups is 3. The summed E-state index contributed by atoms with van der Waals surface area (Å²) < 4.78 is 5.18. The van der Waals surface area contributed by atoms with Gasteiger partial charge < -0.3 is 4.74 Å². The predicted molar refractivity (Wildman–Crippen MR) is 53.1 cm³/mol. The first-order chi connectivity index (χ1) is 7.72. The Morgan fingerprint density at radius 2 is 1.81 bits per heavy atom. The number of para-hydroxylation sites is 1. The minimum absolute atomic E-state index is 0.150. The topological polar surface area (TPSA) is 63.7 Å². The average molecular weight is 217 g/mol. The van der Waals surface area contributed by atoms with E-state index in [1.54, 1.807) is 30.3 Å². The van der Waals surface area contributed by atoms with E-state index in [4.69, 9.17) is 4.74 Å². The van der Waals surface area contributed by atoms with Gasteiger partial charge in [-0.05, 0) is 12.1 Å². The Balaban J connectivity index is 2.19. The van der Waals surface area contributed by atoms with Gasteiger partial charge in [-0.1, -0.05) is 18.2 Å². The molecule has 0 saturated carbocycles. The van der Waals surface area contributed by atoms with Crippen molar-refractivity contribution in [2.45, 2.75) is 0 Å². The first-order valence-electron chi connectivity index (χ1n) is 4.50. The minimum Gasteiger partial charge on any atom is -0.451 e. The lowest BCUT2D eigenvalue weighted by Gasteiger charge is -2.06. The number of hydrogen-bond donors (Lipinski definition) is 0. The van der Waals surface area contributed by atoms with Gasteiger partial charge in [-0.3, -0.25) is 14.4 Å². The van der Waals surface area contributed by atoms with Crippen LogP contribution in [-0.2, 0) is 14.4 Å². The standard InChI is InChI=1S/C11H7NO4/c13-7-12-10(14)6-9(11(12)15)16-8-4-2-1-3-5-8/h1-7H. The van der Waals surface area contributed by atoms with Gasteiger partial charge in [0.2, 0.25) is 6.41 Å². The second-order valence-corrected chi connectivity index (χ2v) is 3.04. The fraction of sp³-hybridized carbons (Fsp3) is 0. The van der Waals surface area contributed by atoms with E-state index < -0.39 is 11.8 Å². The molecular weight excluding hydrogens is 210 g/mol. The minimum atomic E-state index is -0.746. The third-order valence-electron chi connectivity index (χ3n) is 2.00. The number of benzene rings is 1. The van der Waals surface area contributed by atoms with Gasteiger partial charge in [-0.25, -0.2) is 4.90 Å². The van der Waals surface area contributed by atoms with Gasteiger partial charge in [-0.15, -0.1) is 0 Å². The maximum atomic E-state index is 11.4. The molecule has 1 aliphatic heterocycles. The van der Waals surface area contributed by atoms with Crippen molar-refractivity contribution >= 4 is 18.2 Å². The Hall–Kier alpha value is -2.43. The lowest BCUT2D eigenvalue weighted by Crippen LogP contribution is -2.30. The highest BCUT2D eigenvalue weighted by Gasteiger charge is 2.32. The zero-order valence-electron chi connectivity index (χ0n) is 8.12. The molecule has 1 aromatic carbocycles. The highest BCUT2D eigenvalue weighted by atomic mass is 16.5. The Labute approximate surface area is 90.9 Å². The van der Waals surface area contributed by atoms with Gasteiger partial charge in [-0.2, -0.15) is 0 Å². The zero-order valence-corrected chi connectivity index (χ0v) is 8.12. The first kappa shape index (κ1) is 10.1. The summed E-state index contributed by atoms with van der Waals surface area (Å²) in [5, 5.41) is 0. The average Bonchev–Trinajstić information content (AvgIpc) is 2.55. The molecule has 0 spiro atoms.